The second-order valence-corrected chi connectivity index (χ2v) is 4.36. The van der Waals surface area contributed by atoms with Gasteiger partial charge in [-0.1, -0.05) is 30.3 Å². The monoisotopic (exact) mass is 220 g/mol. The maximum atomic E-state index is 11.4. The average molecular weight is 220 g/mol. The summed E-state index contributed by atoms with van der Waals surface area (Å²) in [6, 6.07) is 10.4. The van der Waals surface area contributed by atoms with E-state index in [-0.39, 0.29) is 18.1 Å². The third-order valence-electron chi connectivity index (χ3n) is 2.18. The summed E-state index contributed by atoms with van der Waals surface area (Å²) in [5, 5.41) is 5.72. The highest BCUT2D eigenvalue weighted by atomic mass is 16.2. The van der Waals surface area contributed by atoms with E-state index in [1.807, 2.05) is 39.0 Å². The number of nitrogens with one attached hydrogen (secondary N) is 2. The minimum atomic E-state index is -0.0987. The molecule has 1 rings (SSSR count). The molecule has 0 aliphatic rings. The molecule has 2 amide bonds. The highest BCUT2D eigenvalue weighted by Crippen LogP contribution is 2.02. The molecule has 88 valence electrons. The number of urea groups is 1. The fourth-order valence-corrected chi connectivity index (χ4v) is 1.55. The highest BCUT2D eigenvalue weighted by molar-refractivity contribution is 5.74. The van der Waals surface area contributed by atoms with Gasteiger partial charge in [-0.15, -0.1) is 0 Å². The molecule has 0 bridgehead atoms. The number of carbonyl (C=O) groups is 1. The van der Waals surface area contributed by atoms with Gasteiger partial charge in [0.05, 0.1) is 0 Å². The Kier molecular flexibility index (Phi) is 4.83. The number of hydrogen-bond donors (Lipinski definition) is 2. The summed E-state index contributed by atoms with van der Waals surface area (Å²) in [4.78, 5) is 11.4. The van der Waals surface area contributed by atoms with Crippen molar-refractivity contribution in [3.63, 3.8) is 0 Å². The lowest BCUT2D eigenvalue weighted by atomic mass is 10.1. The van der Waals surface area contributed by atoms with Crippen molar-refractivity contribution in [3.05, 3.63) is 35.9 Å². The van der Waals surface area contributed by atoms with E-state index in [9.17, 15) is 4.79 Å². The van der Waals surface area contributed by atoms with Gasteiger partial charge in [-0.3, -0.25) is 0 Å². The molecule has 1 aromatic carbocycles. The van der Waals surface area contributed by atoms with E-state index in [1.54, 1.807) is 0 Å². The van der Waals surface area contributed by atoms with Gasteiger partial charge in [0, 0.05) is 12.1 Å². The largest absolute Gasteiger partial charge is 0.336 e. The van der Waals surface area contributed by atoms with E-state index in [1.165, 1.54) is 5.56 Å². The number of hydrogen-bond acceptors (Lipinski definition) is 1. The summed E-state index contributed by atoms with van der Waals surface area (Å²) in [5.74, 6) is 0. The molecule has 0 heterocycles. The molecule has 1 atom stereocenters. The van der Waals surface area contributed by atoms with Crippen LogP contribution in [0.3, 0.4) is 0 Å². The van der Waals surface area contributed by atoms with Crippen LogP contribution in [0.2, 0.25) is 0 Å². The Morgan fingerprint density at radius 3 is 2.31 bits per heavy atom. The van der Waals surface area contributed by atoms with Gasteiger partial charge in [0.1, 0.15) is 0 Å². The van der Waals surface area contributed by atoms with Crippen molar-refractivity contribution in [3.8, 4) is 0 Å². The number of rotatable bonds is 4. The van der Waals surface area contributed by atoms with Crippen LogP contribution in [0, 0.1) is 0 Å². The Balaban J connectivity index is 2.36. The van der Waals surface area contributed by atoms with Crippen molar-refractivity contribution in [1.82, 2.24) is 10.6 Å². The normalized spacial score (nSPS) is 12.2. The van der Waals surface area contributed by atoms with Gasteiger partial charge in [-0.2, -0.15) is 0 Å². The Morgan fingerprint density at radius 1 is 1.12 bits per heavy atom. The predicted octanol–water partition coefficient (Wildman–Crippen LogP) is 2.33. The maximum absolute atomic E-state index is 11.4. The molecular weight excluding hydrogens is 200 g/mol. The maximum Gasteiger partial charge on any atom is 0.315 e. The summed E-state index contributed by atoms with van der Waals surface area (Å²) < 4.78 is 0. The molecule has 0 fully saturated rings. The van der Waals surface area contributed by atoms with E-state index in [2.05, 4.69) is 22.8 Å². The topological polar surface area (TPSA) is 41.1 Å². The Labute approximate surface area is 97.2 Å². The third kappa shape index (κ3) is 4.82. The van der Waals surface area contributed by atoms with Gasteiger partial charge in [0.15, 0.2) is 0 Å². The van der Waals surface area contributed by atoms with Crippen LogP contribution in [0.4, 0.5) is 4.79 Å². The molecule has 0 unspecified atom stereocenters. The first kappa shape index (κ1) is 12.6. The van der Waals surface area contributed by atoms with E-state index < -0.39 is 0 Å². The van der Waals surface area contributed by atoms with Crippen molar-refractivity contribution in [2.75, 3.05) is 0 Å². The lowest BCUT2D eigenvalue weighted by Crippen LogP contribution is -2.44. The van der Waals surface area contributed by atoms with Crippen molar-refractivity contribution in [1.29, 1.82) is 0 Å². The molecule has 2 N–H and O–H groups in total. The SMILES string of the molecule is CC(C)NC(=O)N[C@@H](C)Cc1ccccc1. The standard InChI is InChI=1S/C13H20N2O/c1-10(2)14-13(16)15-11(3)9-12-7-5-4-6-8-12/h4-8,10-11H,9H2,1-3H3,(H2,14,15,16)/t11-/m0/s1. The predicted molar refractivity (Wildman–Crippen MR) is 66.4 cm³/mol. The van der Waals surface area contributed by atoms with E-state index in [0.29, 0.717) is 0 Å². The first-order valence-electron chi connectivity index (χ1n) is 5.69. The molecule has 0 saturated carbocycles. The van der Waals surface area contributed by atoms with E-state index >= 15 is 0 Å². The van der Waals surface area contributed by atoms with Crippen LogP contribution < -0.4 is 10.6 Å². The summed E-state index contributed by atoms with van der Waals surface area (Å²) >= 11 is 0. The molecule has 3 nitrogen and oxygen atoms in total. The minimum Gasteiger partial charge on any atom is -0.336 e. The molecule has 3 heteroatoms. The Hall–Kier alpha value is -1.51. The van der Waals surface area contributed by atoms with Crippen LogP contribution in [-0.2, 0) is 6.42 Å². The van der Waals surface area contributed by atoms with Crippen LogP contribution >= 0.6 is 0 Å². The molecule has 0 aromatic heterocycles. The number of amides is 2. The van der Waals surface area contributed by atoms with E-state index in [4.69, 9.17) is 0 Å². The molecular formula is C13H20N2O. The minimum absolute atomic E-state index is 0.0987. The van der Waals surface area contributed by atoms with Crippen molar-refractivity contribution in [2.24, 2.45) is 0 Å². The van der Waals surface area contributed by atoms with Crippen LogP contribution in [0.5, 0.6) is 0 Å². The zero-order valence-corrected chi connectivity index (χ0v) is 10.2. The summed E-state index contributed by atoms with van der Waals surface area (Å²) in [7, 11) is 0. The molecule has 0 aliphatic carbocycles. The summed E-state index contributed by atoms with van der Waals surface area (Å²) in [6.45, 7) is 5.90. The Morgan fingerprint density at radius 2 is 1.75 bits per heavy atom. The number of benzene rings is 1. The average Bonchev–Trinajstić information content (AvgIpc) is 2.17. The second kappa shape index (κ2) is 6.16. The highest BCUT2D eigenvalue weighted by Gasteiger charge is 2.08. The second-order valence-electron chi connectivity index (χ2n) is 4.36. The first-order valence-corrected chi connectivity index (χ1v) is 5.69. The van der Waals surface area contributed by atoms with Crippen LogP contribution in [0.25, 0.3) is 0 Å². The van der Waals surface area contributed by atoms with Crippen molar-refractivity contribution in [2.45, 2.75) is 39.3 Å². The van der Waals surface area contributed by atoms with Gasteiger partial charge < -0.3 is 10.6 Å². The van der Waals surface area contributed by atoms with E-state index in [0.717, 1.165) is 6.42 Å². The smallest absolute Gasteiger partial charge is 0.315 e. The van der Waals surface area contributed by atoms with Crippen molar-refractivity contribution >= 4 is 6.03 Å². The number of carbonyl (C=O) groups excluding carboxylic acids is 1. The lowest BCUT2D eigenvalue weighted by Gasteiger charge is -2.16. The van der Waals surface area contributed by atoms with Gasteiger partial charge in [-0.05, 0) is 32.8 Å². The summed E-state index contributed by atoms with van der Waals surface area (Å²) in [6.07, 6.45) is 0.854. The fourth-order valence-electron chi connectivity index (χ4n) is 1.55. The molecule has 0 aliphatic heterocycles. The molecule has 0 spiro atoms. The van der Waals surface area contributed by atoms with Crippen LogP contribution in [0.15, 0.2) is 30.3 Å². The van der Waals surface area contributed by atoms with Crippen molar-refractivity contribution < 1.29 is 4.79 Å². The lowest BCUT2D eigenvalue weighted by molar-refractivity contribution is 0.235. The molecule has 16 heavy (non-hydrogen) atoms. The fraction of sp³-hybridized carbons (Fsp3) is 0.462. The summed E-state index contributed by atoms with van der Waals surface area (Å²) in [5.41, 5.74) is 1.24. The zero-order chi connectivity index (χ0) is 12.0. The first-order chi connectivity index (χ1) is 7.58. The Bertz CT molecular complexity index is 322. The third-order valence-corrected chi connectivity index (χ3v) is 2.18. The van der Waals surface area contributed by atoms with Gasteiger partial charge in [0.2, 0.25) is 0 Å². The van der Waals surface area contributed by atoms with Crippen LogP contribution in [-0.4, -0.2) is 18.1 Å². The van der Waals surface area contributed by atoms with Gasteiger partial charge in [-0.25, -0.2) is 4.79 Å². The quantitative estimate of drug-likeness (QED) is 0.803. The van der Waals surface area contributed by atoms with Gasteiger partial charge in [0.25, 0.3) is 0 Å². The van der Waals surface area contributed by atoms with Gasteiger partial charge >= 0.3 is 6.03 Å². The zero-order valence-electron chi connectivity index (χ0n) is 10.2. The van der Waals surface area contributed by atoms with Crippen LogP contribution in [0.1, 0.15) is 26.3 Å². The molecule has 0 saturated heterocycles. The molecule has 1 aromatic rings. The molecule has 0 radical (unpaired) electrons.